The van der Waals surface area contributed by atoms with Crippen LogP contribution in [0.5, 0.6) is 5.75 Å². The fourth-order valence-corrected chi connectivity index (χ4v) is 3.02. The van der Waals surface area contributed by atoms with E-state index in [2.05, 4.69) is 38.2 Å². The van der Waals surface area contributed by atoms with E-state index < -0.39 is 0 Å². The van der Waals surface area contributed by atoms with Gasteiger partial charge in [-0.05, 0) is 24.3 Å². The van der Waals surface area contributed by atoms with Gasteiger partial charge >= 0.3 is 0 Å². The van der Waals surface area contributed by atoms with Crippen molar-refractivity contribution in [1.82, 2.24) is 5.32 Å². The van der Waals surface area contributed by atoms with E-state index in [4.69, 9.17) is 4.74 Å². The first-order valence-electron chi connectivity index (χ1n) is 6.63. The molecule has 0 aliphatic carbocycles. The molecule has 2 nitrogen and oxygen atoms in total. The predicted molar refractivity (Wildman–Crippen MR) is 81.6 cm³/mol. The van der Waals surface area contributed by atoms with Crippen LogP contribution >= 0.6 is 11.8 Å². The Kier molecular flexibility index (Phi) is 7.21. The molecule has 18 heavy (non-hydrogen) atoms. The van der Waals surface area contributed by atoms with Crippen molar-refractivity contribution >= 4 is 11.8 Å². The Morgan fingerprint density at radius 2 is 1.94 bits per heavy atom. The van der Waals surface area contributed by atoms with Crippen molar-refractivity contribution in [2.75, 3.05) is 25.2 Å². The van der Waals surface area contributed by atoms with Crippen molar-refractivity contribution in [2.45, 2.75) is 26.8 Å². The number of ether oxygens (including phenoxy) is 1. The van der Waals surface area contributed by atoms with Gasteiger partial charge in [-0.2, -0.15) is 11.8 Å². The SMILES string of the molecule is CCNC(CSCC(C)C)c1ccccc1OC. The van der Waals surface area contributed by atoms with E-state index in [1.807, 2.05) is 23.9 Å². The third-order valence-electron chi connectivity index (χ3n) is 2.70. The summed E-state index contributed by atoms with van der Waals surface area (Å²) in [5.74, 6) is 4.02. The van der Waals surface area contributed by atoms with Crippen LogP contribution in [0.25, 0.3) is 0 Å². The number of nitrogens with one attached hydrogen (secondary N) is 1. The number of thioether (sulfide) groups is 1. The first-order chi connectivity index (χ1) is 8.69. The topological polar surface area (TPSA) is 21.3 Å². The maximum Gasteiger partial charge on any atom is 0.123 e. The molecule has 1 N–H and O–H groups in total. The van der Waals surface area contributed by atoms with Crippen LogP contribution < -0.4 is 10.1 Å². The monoisotopic (exact) mass is 267 g/mol. The second-order valence-corrected chi connectivity index (χ2v) is 5.86. The molecule has 0 aromatic heterocycles. The zero-order valence-corrected chi connectivity index (χ0v) is 12.7. The summed E-state index contributed by atoms with van der Waals surface area (Å²) >= 11 is 2.01. The zero-order valence-electron chi connectivity index (χ0n) is 11.9. The summed E-state index contributed by atoms with van der Waals surface area (Å²) in [6.45, 7) is 7.65. The molecular weight excluding hydrogens is 242 g/mol. The van der Waals surface area contributed by atoms with E-state index in [1.165, 1.54) is 11.3 Å². The number of hydrogen-bond acceptors (Lipinski definition) is 3. The largest absolute Gasteiger partial charge is 0.496 e. The van der Waals surface area contributed by atoms with Gasteiger partial charge in [-0.25, -0.2) is 0 Å². The second-order valence-electron chi connectivity index (χ2n) is 4.78. The molecule has 102 valence electrons. The van der Waals surface area contributed by atoms with Crippen LogP contribution in [0, 0.1) is 5.92 Å². The van der Waals surface area contributed by atoms with Crippen LogP contribution in [0.1, 0.15) is 32.4 Å². The summed E-state index contributed by atoms with van der Waals surface area (Å²) in [6.07, 6.45) is 0. The van der Waals surface area contributed by atoms with Gasteiger partial charge < -0.3 is 10.1 Å². The quantitative estimate of drug-likeness (QED) is 0.775. The number of hydrogen-bond donors (Lipinski definition) is 1. The summed E-state index contributed by atoms with van der Waals surface area (Å²) in [7, 11) is 1.74. The van der Waals surface area contributed by atoms with E-state index >= 15 is 0 Å². The molecule has 0 spiro atoms. The first kappa shape index (κ1) is 15.4. The Hall–Kier alpha value is -0.670. The van der Waals surface area contributed by atoms with Crippen LogP contribution in [0.2, 0.25) is 0 Å². The van der Waals surface area contributed by atoms with Gasteiger partial charge in [0.15, 0.2) is 0 Å². The lowest BCUT2D eigenvalue weighted by molar-refractivity contribution is 0.403. The van der Waals surface area contributed by atoms with Crippen LogP contribution in [-0.4, -0.2) is 25.2 Å². The number of rotatable bonds is 8. The van der Waals surface area contributed by atoms with E-state index in [9.17, 15) is 0 Å². The van der Waals surface area contributed by atoms with Gasteiger partial charge in [0.2, 0.25) is 0 Å². The third-order valence-corrected chi connectivity index (χ3v) is 4.17. The fraction of sp³-hybridized carbons (Fsp3) is 0.600. The highest BCUT2D eigenvalue weighted by Crippen LogP contribution is 2.27. The Labute approximate surface area is 116 Å². The average molecular weight is 267 g/mol. The van der Waals surface area contributed by atoms with Crippen LogP contribution in [-0.2, 0) is 0 Å². The van der Waals surface area contributed by atoms with Gasteiger partial charge in [0.1, 0.15) is 5.75 Å². The highest BCUT2D eigenvalue weighted by atomic mass is 32.2. The molecule has 0 aliphatic heterocycles. The summed E-state index contributed by atoms with van der Waals surface area (Å²) in [5, 5.41) is 3.55. The van der Waals surface area contributed by atoms with Gasteiger partial charge in [-0.1, -0.05) is 39.0 Å². The van der Waals surface area contributed by atoms with E-state index in [1.54, 1.807) is 7.11 Å². The van der Waals surface area contributed by atoms with E-state index in [0.717, 1.165) is 24.0 Å². The molecule has 0 saturated carbocycles. The molecule has 0 amide bonds. The second kappa shape index (κ2) is 8.44. The Bertz CT molecular complexity index is 341. The lowest BCUT2D eigenvalue weighted by Gasteiger charge is -2.20. The van der Waals surface area contributed by atoms with Gasteiger partial charge in [0, 0.05) is 17.4 Å². The van der Waals surface area contributed by atoms with Crippen molar-refractivity contribution in [3.8, 4) is 5.75 Å². The minimum absolute atomic E-state index is 0.370. The highest BCUT2D eigenvalue weighted by molar-refractivity contribution is 7.99. The molecule has 1 aromatic rings. The van der Waals surface area contributed by atoms with Crippen LogP contribution in [0.15, 0.2) is 24.3 Å². The lowest BCUT2D eigenvalue weighted by atomic mass is 10.1. The number of para-hydroxylation sites is 1. The molecule has 1 unspecified atom stereocenters. The predicted octanol–water partition coefficient (Wildman–Crippen LogP) is 3.74. The van der Waals surface area contributed by atoms with Crippen molar-refractivity contribution in [1.29, 1.82) is 0 Å². The van der Waals surface area contributed by atoms with Gasteiger partial charge in [0.25, 0.3) is 0 Å². The maximum atomic E-state index is 5.45. The third kappa shape index (κ3) is 4.91. The Morgan fingerprint density at radius 3 is 2.56 bits per heavy atom. The number of methoxy groups -OCH3 is 1. The highest BCUT2D eigenvalue weighted by Gasteiger charge is 2.14. The van der Waals surface area contributed by atoms with Gasteiger partial charge in [-0.3, -0.25) is 0 Å². The minimum Gasteiger partial charge on any atom is -0.496 e. The summed E-state index contributed by atoms with van der Waals surface area (Å²) in [4.78, 5) is 0. The van der Waals surface area contributed by atoms with Crippen LogP contribution in [0.3, 0.4) is 0 Å². The molecule has 1 rings (SSSR count). The molecule has 0 radical (unpaired) electrons. The van der Waals surface area contributed by atoms with Gasteiger partial charge in [-0.15, -0.1) is 0 Å². The standard InChI is InChI=1S/C15H25NOS/c1-5-16-14(11-18-10-12(2)3)13-8-6-7-9-15(13)17-4/h6-9,12,14,16H,5,10-11H2,1-4H3. The van der Waals surface area contributed by atoms with Gasteiger partial charge in [0.05, 0.1) is 7.11 Å². The molecular formula is C15H25NOS. The molecule has 0 saturated heterocycles. The summed E-state index contributed by atoms with van der Waals surface area (Å²) < 4.78 is 5.45. The lowest BCUT2D eigenvalue weighted by Crippen LogP contribution is -2.23. The minimum atomic E-state index is 0.370. The van der Waals surface area contributed by atoms with Crippen molar-refractivity contribution < 1.29 is 4.74 Å². The fourth-order valence-electron chi connectivity index (χ4n) is 1.88. The Morgan fingerprint density at radius 1 is 1.22 bits per heavy atom. The van der Waals surface area contributed by atoms with E-state index in [0.29, 0.717) is 6.04 Å². The summed E-state index contributed by atoms with van der Waals surface area (Å²) in [5.41, 5.74) is 1.26. The van der Waals surface area contributed by atoms with Crippen molar-refractivity contribution in [2.24, 2.45) is 5.92 Å². The Balaban J connectivity index is 2.70. The van der Waals surface area contributed by atoms with Crippen molar-refractivity contribution in [3.63, 3.8) is 0 Å². The average Bonchev–Trinajstić information content (AvgIpc) is 2.37. The van der Waals surface area contributed by atoms with Crippen LogP contribution in [0.4, 0.5) is 0 Å². The first-order valence-corrected chi connectivity index (χ1v) is 7.78. The molecule has 0 fully saturated rings. The number of benzene rings is 1. The van der Waals surface area contributed by atoms with E-state index in [-0.39, 0.29) is 0 Å². The zero-order chi connectivity index (χ0) is 13.4. The molecule has 1 atom stereocenters. The molecule has 1 aromatic carbocycles. The summed E-state index contributed by atoms with van der Waals surface area (Å²) in [6, 6.07) is 8.66. The smallest absolute Gasteiger partial charge is 0.123 e. The van der Waals surface area contributed by atoms with Crippen molar-refractivity contribution in [3.05, 3.63) is 29.8 Å². The maximum absolute atomic E-state index is 5.45. The molecule has 0 bridgehead atoms. The molecule has 3 heteroatoms. The molecule has 0 heterocycles. The normalized spacial score (nSPS) is 12.7. The molecule has 0 aliphatic rings.